The van der Waals surface area contributed by atoms with E-state index in [1.165, 1.54) is 0 Å². The molecule has 1 saturated heterocycles. The van der Waals surface area contributed by atoms with Crippen molar-refractivity contribution in [2.75, 3.05) is 13.1 Å². The van der Waals surface area contributed by atoms with Crippen molar-refractivity contribution in [2.24, 2.45) is 11.8 Å². The van der Waals surface area contributed by atoms with Gasteiger partial charge in [0, 0.05) is 38.4 Å². The van der Waals surface area contributed by atoms with Crippen molar-refractivity contribution in [3.63, 3.8) is 0 Å². The lowest BCUT2D eigenvalue weighted by Crippen LogP contribution is -2.30. The van der Waals surface area contributed by atoms with Crippen LogP contribution in [0.25, 0.3) is 0 Å². The molecule has 2 unspecified atom stereocenters. The van der Waals surface area contributed by atoms with Gasteiger partial charge in [-0.15, -0.1) is 0 Å². The molecule has 0 spiro atoms. The largest absolute Gasteiger partial charge is 0.481 e. The smallest absolute Gasteiger partial charge is 0.308 e. The first-order chi connectivity index (χ1) is 8.58. The average Bonchev–Trinajstić information content (AvgIpc) is 2.94. The number of amides is 1. The number of nitrogens with zero attached hydrogens (tertiary/aromatic N) is 3. The lowest BCUT2D eigenvalue weighted by Gasteiger charge is -2.15. The summed E-state index contributed by atoms with van der Waals surface area (Å²) < 4.78 is 1.84. The van der Waals surface area contributed by atoms with E-state index in [1.807, 2.05) is 11.5 Å². The molecule has 1 fully saturated rings. The zero-order valence-electron chi connectivity index (χ0n) is 10.3. The molecule has 0 saturated carbocycles. The van der Waals surface area contributed by atoms with Gasteiger partial charge in [0.05, 0.1) is 12.2 Å². The van der Waals surface area contributed by atoms with Crippen LogP contribution < -0.4 is 0 Å². The molecular formula is C12H17N3O3. The minimum Gasteiger partial charge on any atom is -0.481 e. The maximum absolute atomic E-state index is 12.0. The molecule has 1 aromatic rings. The van der Waals surface area contributed by atoms with Crippen molar-refractivity contribution in [1.29, 1.82) is 0 Å². The fourth-order valence-electron chi connectivity index (χ4n) is 2.29. The van der Waals surface area contributed by atoms with E-state index < -0.39 is 11.9 Å². The van der Waals surface area contributed by atoms with Crippen molar-refractivity contribution >= 4 is 11.9 Å². The fraction of sp³-hybridized carbons (Fsp3) is 0.583. The van der Waals surface area contributed by atoms with Crippen LogP contribution in [0.2, 0.25) is 0 Å². The lowest BCUT2D eigenvalue weighted by atomic mass is 9.99. The number of aromatic nitrogens is 2. The molecule has 6 nitrogen and oxygen atoms in total. The SMILES string of the molecule is CC1CN(C(=O)CCn2ccnc2)CC1C(=O)O. The molecule has 1 amide bonds. The first-order valence-corrected chi connectivity index (χ1v) is 6.04. The molecule has 0 aliphatic carbocycles. The van der Waals surface area contributed by atoms with Crippen molar-refractivity contribution < 1.29 is 14.7 Å². The first kappa shape index (κ1) is 12.6. The normalized spacial score (nSPS) is 23.3. The summed E-state index contributed by atoms with van der Waals surface area (Å²) >= 11 is 0. The number of imidazole rings is 1. The van der Waals surface area contributed by atoms with E-state index in [4.69, 9.17) is 5.11 Å². The second kappa shape index (κ2) is 5.20. The topological polar surface area (TPSA) is 75.4 Å². The van der Waals surface area contributed by atoms with E-state index >= 15 is 0 Å². The first-order valence-electron chi connectivity index (χ1n) is 6.04. The van der Waals surface area contributed by atoms with Gasteiger partial charge in [-0.3, -0.25) is 9.59 Å². The number of rotatable bonds is 4. The summed E-state index contributed by atoms with van der Waals surface area (Å²) in [7, 11) is 0. The van der Waals surface area contributed by atoms with Gasteiger partial charge in [0.25, 0.3) is 0 Å². The van der Waals surface area contributed by atoms with E-state index in [9.17, 15) is 9.59 Å². The van der Waals surface area contributed by atoms with Crippen LogP contribution >= 0.6 is 0 Å². The highest BCUT2D eigenvalue weighted by Gasteiger charge is 2.36. The Labute approximate surface area is 105 Å². The summed E-state index contributed by atoms with van der Waals surface area (Å²) in [6, 6.07) is 0. The molecule has 1 aliphatic rings. The number of carbonyl (C=O) groups is 2. The quantitative estimate of drug-likeness (QED) is 0.843. The van der Waals surface area contributed by atoms with Gasteiger partial charge < -0.3 is 14.6 Å². The zero-order valence-corrected chi connectivity index (χ0v) is 10.3. The number of carbonyl (C=O) groups excluding carboxylic acids is 1. The maximum Gasteiger partial charge on any atom is 0.308 e. The molecule has 1 aromatic heterocycles. The Morgan fingerprint density at radius 3 is 2.78 bits per heavy atom. The molecule has 98 valence electrons. The number of carboxylic acid groups (broad SMARTS) is 1. The van der Waals surface area contributed by atoms with Crippen LogP contribution in [0.15, 0.2) is 18.7 Å². The summed E-state index contributed by atoms with van der Waals surface area (Å²) in [5, 5.41) is 9.01. The molecule has 18 heavy (non-hydrogen) atoms. The molecular weight excluding hydrogens is 234 g/mol. The van der Waals surface area contributed by atoms with Gasteiger partial charge in [-0.25, -0.2) is 4.98 Å². The third kappa shape index (κ3) is 2.69. The second-order valence-electron chi connectivity index (χ2n) is 4.77. The predicted molar refractivity (Wildman–Crippen MR) is 63.7 cm³/mol. The van der Waals surface area contributed by atoms with Crippen LogP contribution in [-0.2, 0) is 16.1 Å². The van der Waals surface area contributed by atoms with E-state index in [2.05, 4.69) is 4.98 Å². The highest BCUT2D eigenvalue weighted by atomic mass is 16.4. The van der Waals surface area contributed by atoms with Crippen molar-refractivity contribution in [3.05, 3.63) is 18.7 Å². The van der Waals surface area contributed by atoms with Gasteiger partial charge in [0.15, 0.2) is 0 Å². The summed E-state index contributed by atoms with van der Waals surface area (Å²) in [6.45, 7) is 3.34. The molecule has 6 heteroatoms. The standard InChI is InChI=1S/C12H17N3O3/c1-9-6-15(7-10(9)12(17)18)11(16)2-4-14-5-3-13-8-14/h3,5,8-10H,2,4,6-7H2,1H3,(H,17,18). The predicted octanol–water partition coefficient (Wildman–Crippen LogP) is 0.452. The minimum atomic E-state index is -0.813. The average molecular weight is 251 g/mol. The Kier molecular flexibility index (Phi) is 3.64. The molecule has 0 aromatic carbocycles. The Morgan fingerprint density at radius 2 is 2.22 bits per heavy atom. The Morgan fingerprint density at radius 1 is 1.44 bits per heavy atom. The van der Waals surface area contributed by atoms with Crippen LogP contribution in [0, 0.1) is 11.8 Å². The van der Waals surface area contributed by atoms with Crippen molar-refractivity contribution in [3.8, 4) is 0 Å². The summed E-state index contributed by atoms with van der Waals surface area (Å²) in [5.74, 6) is -1.20. The van der Waals surface area contributed by atoms with Crippen molar-refractivity contribution in [1.82, 2.24) is 14.5 Å². The van der Waals surface area contributed by atoms with Gasteiger partial charge in [-0.2, -0.15) is 0 Å². The van der Waals surface area contributed by atoms with Gasteiger partial charge in [0.2, 0.25) is 5.91 Å². The Bertz CT molecular complexity index is 430. The fourth-order valence-corrected chi connectivity index (χ4v) is 2.29. The molecule has 1 aliphatic heterocycles. The molecule has 2 rings (SSSR count). The lowest BCUT2D eigenvalue weighted by molar-refractivity contribution is -0.142. The molecule has 1 N–H and O–H groups in total. The summed E-state index contributed by atoms with van der Waals surface area (Å²) in [4.78, 5) is 28.5. The monoisotopic (exact) mass is 251 g/mol. The van der Waals surface area contributed by atoms with E-state index in [1.54, 1.807) is 23.6 Å². The van der Waals surface area contributed by atoms with Crippen LogP contribution in [0.1, 0.15) is 13.3 Å². The van der Waals surface area contributed by atoms with Crippen molar-refractivity contribution in [2.45, 2.75) is 19.9 Å². The number of hydrogen-bond acceptors (Lipinski definition) is 3. The highest BCUT2D eigenvalue weighted by molar-refractivity contribution is 5.78. The third-order valence-corrected chi connectivity index (χ3v) is 3.43. The zero-order chi connectivity index (χ0) is 13.1. The van der Waals surface area contributed by atoms with Gasteiger partial charge >= 0.3 is 5.97 Å². The second-order valence-corrected chi connectivity index (χ2v) is 4.77. The number of likely N-dealkylation sites (tertiary alicyclic amines) is 1. The third-order valence-electron chi connectivity index (χ3n) is 3.43. The van der Waals surface area contributed by atoms with Gasteiger partial charge in [0.1, 0.15) is 0 Å². The van der Waals surface area contributed by atoms with Crippen LogP contribution in [0.4, 0.5) is 0 Å². The Balaban J connectivity index is 1.85. The van der Waals surface area contributed by atoms with Gasteiger partial charge in [-0.1, -0.05) is 6.92 Å². The van der Waals surface area contributed by atoms with E-state index in [0.717, 1.165) is 0 Å². The highest BCUT2D eigenvalue weighted by Crippen LogP contribution is 2.23. The molecule has 0 bridgehead atoms. The van der Waals surface area contributed by atoms with Crippen LogP contribution in [-0.4, -0.2) is 44.5 Å². The van der Waals surface area contributed by atoms with Gasteiger partial charge in [-0.05, 0) is 5.92 Å². The molecule has 2 atom stereocenters. The Hall–Kier alpha value is -1.85. The van der Waals surface area contributed by atoms with E-state index in [0.29, 0.717) is 26.1 Å². The number of aryl methyl sites for hydroxylation is 1. The number of carboxylic acids is 1. The number of aliphatic carboxylic acids is 1. The van der Waals surface area contributed by atoms with Crippen LogP contribution in [0.3, 0.4) is 0 Å². The van der Waals surface area contributed by atoms with E-state index in [-0.39, 0.29) is 11.8 Å². The summed E-state index contributed by atoms with van der Waals surface area (Å²) in [5.41, 5.74) is 0. The van der Waals surface area contributed by atoms with Crippen LogP contribution in [0.5, 0.6) is 0 Å². The molecule has 0 radical (unpaired) electrons. The maximum atomic E-state index is 12.0. The minimum absolute atomic E-state index is 0.0132. The summed E-state index contributed by atoms with van der Waals surface area (Å²) in [6.07, 6.45) is 5.53. The number of hydrogen-bond donors (Lipinski definition) is 1. The molecule has 2 heterocycles.